The summed E-state index contributed by atoms with van der Waals surface area (Å²) in [4.78, 5) is 0. The summed E-state index contributed by atoms with van der Waals surface area (Å²) in [5.41, 5.74) is 2.08. The molecule has 0 atom stereocenters. The Bertz CT molecular complexity index is 974. The largest absolute Gasteiger partial charge is 0.494 e. The van der Waals surface area contributed by atoms with Crippen LogP contribution in [0.25, 0.3) is 33.4 Å². The minimum atomic E-state index is 0.727. The lowest BCUT2D eigenvalue weighted by atomic mass is 10.0. The minimum absolute atomic E-state index is 0.727. The van der Waals surface area contributed by atoms with Crippen molar-refractivity contribution in [1.29, 1.82) is 0 Å². The van der Waals surface area contributed by atoms with Crippen molar-refractivity contribution in [1.82, 2.24) is 0 Å². The lowest BCUT2D eigenvalue weighted by Crippen LogP contribution is -1.94. The molecule has 1 heterocycles. The molecule has 29 heavy (non-hydrogen) atoms. The maximum atomic E-state index is 6.40. The molecule has 0 spiro atoms. The van der Waals surface area contributed by atoms with Crippen LogP contribution in [0.4, 0.5) is 0 Å². The van der Waals surface area contributed by atoms with Crippen LogP contribution in [0.15, 0.2) is 77.2 Å². The molecule has 3 nitrogen and oxygen atoms in total. The van der Waals surface area contributed by atoms with Crippen LogP contribution in [0.5, 0.6) is 11.5 Å². The number of hydrogen-bond acceptors (Lipinski definition) is 3. The quantitative estimate of drug-likeness (QED) is 0.317. The highest BCUT2D eigenvalue weighted by Crippen LogP contribution is 2.39. The third kappa shape index (κ3) is 4.14. The van der Waals surface area contributed by atoms with Crippen molar-refractivity contribution in [3.05, 3.63) is 72.8 Å². The highest BCUT2D eigenvalue weighted by atomic mass is 16.5. The fourth-order valence-electron chi connectivity index (χ4n) is 3.36. The summed E-state index contributed by atoms with van der Waals surface area (Å²) in [6, 6.07) is 24.5. The zero-order chi connectivity index (χ0) is 20.1. The van der Waals surface area contributed by atoms with Crippen molar-refractivity contribution in [2.24, 2.45) is 0 Å². The average Bonchev–Trinajstić information content (AvgIpc) is 3.17. The number of ether oxygens (including phenoxy) is 2. The van der Waals surface area contributed by atoms with Crippen LogP contribution in [-0.4, -0.2) is 13.2 Å². The van der Waals surface area contributed by atoms with E-state index in [0.29, 0.717) is 0 Å². The molecule has 3 aromatic carbocycles. The van der Waals surface area contributed by atoms with Crippen molar-refractivity contribution < 1.29 is 13.9 Å². The van der Waals surface area contributed by atoms with Gasteiger partial charge in [0.2, 0.25) is 0 Å². The van der Waals surface area contributed by atoms with Gasteiger partial charge in [0.05, 0.1) is 13.2 Å². The smallest absolute Gasteiger partial charge is 0.142 e. The molecule has 0 aliphatic carbocycles. The fourth-order valence-corrected chi connectivity index (χ4v) is 3.36. The van der Waals surface area contributed by atoms with Crippen LogP contribution < -0.4 is 9.47 Å². The highest BCUT2D eigenvalue weighted by molar-refractivity contribution is 6.02. The second-order valence-corrected chi connectivity index (χ2v) is 7.05. The van der Waals surface area contributed by atoms with E-state index >= 15 is 0 Å². The lowest BCUT2D eigenvalue weighted by molar-refractivity contribution is 0.317. The zero-order valence-electron chi connectivity index (χ0n) is 17.0. The summed E-state index contributed by atoms with van der Waals surface area (Å²) in [6.45, 7) is 5.66. The molecule has 3 heteroatoms. The Morgan fingerprint density at radius 2 is 1.00 bits per heavy atom. The molecule has 0 bridgehead atoms. The van der Waals surface area contributed by atoms with E-state index in [4.69, 9.17) is 13.9 Å². The summed E-state index contributed by atoms with van der Waals surface area (Å²) in [5.74, 6) is 3.52. The van der Waals surface area contributed by atoms with Gasteiger partial charge in [0.25, 0.3) is 0 Å². The van der Waals surface area contributed by atoms with Crippen LogP contribution in [0.1, 0.15) is 26.7 Å². The van der Waals surface area contributed by atoms with Crippen LogP contribution >= 0.6 is 0 Å². The average molecular weight is 386 g/mol. The predicted octanol–water partition coefficient (Wildman–Crippen LogP) is 7.34. The second kappa shape index (κ2) is 8.87. The molecule has 0 fully saturated rings. The van der Waals surface area contributed by atoms with Crippen LogP contribution in [-0.2, 0) is 0 Å². The van der Waals surface area contributed by atoms with Gasteiger partial charge in [-0.3, -0.25) is 0 Å². The first-order valence-electron chi connectivity index (χ1n) is 10.3. The SMILES string of the molecule is CCCOc1ccc(-c2oc(-c3ccc(OCCC)cc3)c3ccccc23)cc1. The van der Waals surface area contributed by atoms with Gasteiger partial charge in [-0.15, -0.1) is 0 Å². The molecule has 0 saturated carbocycles. The molecular weight excluding hydrogens is 360 g/mol. The number of rotatable bonds is 8. The molecule has 148 valence electrons. The first-order valence-corrected chi connectivity index (χ1v) is 10.3. The summed E-state index contributed by atoms with van der Waals surface area (Å²) < 4.78 is 17.8. The Labute approximate surface area is 171 Å². The number of hydrogen-bond donors (Lipinski definition) is 0. The van der Waals surface area contributed by atoms with Crippen molar-refractivity contribution in [2.75, 3.05) is 13.2 Å². The van der Waals surface area contributed by atoms with E-state index in [2.05, 4.69) is 50.2 Å². The molecule has 0 aliphatic heterocycles. The zero-order valence-corrected chi connectivity index (χ0v) is 17.0. The van der Waals surface area contributed by atoms with E-state index in [1.165, 1.54) is 0 Å². The van der Waals surface area contributed by atoms with Crippen LogP contribution in [0.2, 0.25) is 0 Å². The van der Waals surface area contributed by atoms with E-state index in [9.17, 15) is 0 Å². The van der Waals surface area contributed by atoms with Crippen LogP contribution in [0.3, 0.4) is 0 Å². The number of fused-ring (bicyclic) bond motifs is 1. The van der Waals surface area contributed by atoms with E-state index in [0.717, 1.165) is 71.0 Å². The Morgan fingerprint density at radius 3 is 1.38 bits per heavy atom. The minimum Gasteiger partial charge on any atom is -0.494 e. The van der Waals surface area contributed by atoms with Crippen molar-refractivity contribution in [2.45, 2.75) is 26.7 Å². The van der Waals surface area contributed by atoms with Gasteiger partial charge in [-0.05, 0) is 61.4 Å². The van der Waals surface area contributed by atoms with Gasteiger partial charge in [0.1, 0.15) is 23.0 Å². The Hall–Kier alpha value is -3.20. The lowest BCUT2D eigenvalue weighted by Gasteiger charge is -2.05. The molecule has 4 aromatic rings. The van der Waals surface area contributed by atoms with Gasteiger partial charge in [-0.1, -0.05) is 38.1 Å². The molecule has 0 N–H and O–H groups in total. The Balaban J connectivity index is 1.70. The third-order valence-electron chi connectivity index (χ3n) is 4.80. The molecule has 0 saturated heterocycles. The van der Waals surface area contributed by atoms with E-state index in [1.807, 2.05) is 36.4 Å². The van der Waals surface area contributed by atoms with Gasteiger partial charge >= 0.3 is 0 Å². The summed E-state index contributed by atoms with van der Waals surface area (Å²) >= 11 is 0. The van der Waals surface area contributed by atoms with E-state index in [-0.39, 0.29) is 0 Å². The molecule has 0 amide bonds. The van der Waals surface area contributed by atoms with Crippen molar-refractivity contribution >= 4 is 10.8 Å². The fraction of sp³-hybridized carbons (Fsp3) is 0.231. The first kappa shape index (κ1) is 19.1. The first-order chi connectivity index (χ1) is 14.3. The van der Waals surface area contributed by atoms with Crippen LogP contribution in [0, 0.1) is 0 Å². The number of benzene rings is 3. The second-order valence-electron chi connectivity index (χ2n) is 7.05. The predicted molar refractivity (Wildman–Crippen MR) is 119 cm³/mol. The normalized spacial score (nSPS) is 11.0. The summed E-state index contributed by atoms with van der Waals surface area (Å²) in [5, 5.41) is 2.21. The van der Waals surface area contributed by atoms with E-state index in [1.54, 1.807) is 0 Å². The monoisotopic (exact) mass is 386 g/mol. The molecule has 0 aliphatic rings. The number of furan rings is 1. The Kier molecular flexibility index (Phi) is 5.85. The topological polar surface area (TPSA) is 31.6 Å². The maximum absolute atomic E-state index is 6.40. The summed E-state index contributed by atoms with van der Waals surface area (Å²) in [7, 11) is 0. The van der Waals surface area contributed by atoms with Gasteiger partial charge in [0, 0.05) is 21.9 Å². The summed E-state index contributed by atoms with van der Waals surface area (Å²) in [6.07, 6.45) is 1.99. The Morgan fingerprint density at radius 1 is 0.586 bits per heavy atom. The van der Waals surface area contributed by atoms with Gasteiger partial charge < -0.3 is 13.9 Å². The molecule has 0 unspecified atom stereocenters. The van der Waals surface area contributed by atoms with Crippen molar-refractivity contribution in [3.8, 4) is 34.1 Å². The maximum Gasteiger partial charge on any atom is 0.142 e. The van der Waals surface area contributed by atoms with Crippen molar-refractivity contribution in [3.63, 3.8) is 0 Å². The van der Waals surface area contributed by atoms with E-state index < -0.39 is 0 Å². The molecular formula is C26H26O3. The molecule has 4 rings (SSSR count). The van der Waals surface area contributed by atoms with Gasteiger partial charge in [-0.25, -0.2) is 0 Å². The standard InChI is InChI=1S/C26H26O3/c1-3-17-27-21-13-9-19(10-14-21)25-23-7-5-6-8-24(23)26(29-25)20-11-15-22(16-12-20)28-18-4-2/h5-16H,3-4,17-18H2,1-2H3. The molecule has 0 radical (unpaired) electrons. The van der Waals surface area contributed by atoms with Gasteiger partial charge in [0.15, 0.2) is 0 Å². The third-order valence-corrected chi connectivity index (χ3v) is 4.80. The molecule has 1 aromatic heterocycles. The van der Waals surface area contributed by atoms with Gasteiger partial charge in [-0.2, -0.15) is 0 Å². The highest BCUT2D eigenvalue weighted by Gasteiger charge is 2.16.